The lowest BCUT2D eigenvalue weighted by atomic mass is 10.1. The number of nitrogens with zero attached hydrogens (tertiary/aromatic N) is 2. The van der Waals surface area contributed by atoms with Gasteiger partial charge in [-0.05, 0) is 31.4 Å². The minimum atomic E-state index is 0.137. The maximum absolute atomic E-state index is 8.89. The maximum Gasteiger partial charge on any atom is 0.172 e. The van der Waals surface area contributed by atoms with Gasteiger partial charge in [0.2, 0.25) is 0 Å². The van der Waals surface area contributed by atoms with Gasteiger partial charge in [-0.15, -0.1) is 0 Å². The van der Waals surface area contributed by atoms with E-state index in [0.717, 1.165) is 42.8 Å². The third-order valence-corrected chi connectivity index (χ3v) is 3.50. The van der Waals surface area contributed by atoms with Gasteiger partial charge in [0.05, 0.1) is 11.8 Å². The molecule has 5 heteroatoms. The third-order valence-electron chi connectivity index (χ3n) is 3.50. The number of nitrogens with two attached hydrogens (primary N) is 1. The molecule has 1 aliphatic rings. The number of para-hydroxylation sites is 1. The van der Waals surface area contributed by atoms with Gasteiger partial charge in [0.1, 0.15) is 0 Å². The van der Waals surface area contributed by atoms with Gasteiger partial charge in [0.15, 0.2) is 5.84 Å². The third kappa shape index (κ3) is 2.98. The topological polar surface area (TPSA) is 71.1 Å². The van der Waals surface area contributed by atoms with Crippen molar-refractivity contribution in [2.24, 2.45) is 10.9 Å². The van der Waals surface area contributed by atoms with Crippen LogP contribution in [-0.4, -0.2) is 37.3 Å². The molecule has 0 aromatic heterocycles. The molecule has 19 heavy (non-hydrogen) atoms. The Morgan fingerprint density at radius 3 is 3.00 bits per heavy atom. The first-order valence-electron chi connectivity index (χ1n) is 6.53. The first-order valence-corrected chi connectivity index (χ1v) is 6.53. The number of aryl methyl sites for hydroxylation is 1. The lowest BCUT2D eigenvalue weighted by Crippen LogP contribution is -2.31. The Hall–Kier alpha value is -1.75. The number of anilines is 1. The van der Waals surface area contributed by atoms with Crippen LogP contribution in [0.1, 0.15) is 24.0 Å². The molecule has 3 N–H and O–H groups in total. The highest BCUT2D eigenvalue weighted by atomic mass is 16.5. The summed E-state index contributed by atoms with van der Waals surface area (Å²) >= 11 is 0. The van der Waals surface area contributed by atoms with E-state index in [0.29, 0.717) is 0 Å². The van der Waals surface area contributed by atoms with Crippen molar-refractivity contribution in [3.05, 3.63) is 29.3 Å². The Bertz CT molecular complexity index is 468. The molecule has 2 rings (SSSR count). The molecule has 0 aliphatic carbocycles. The number of amidine groups is 1. The quantitative estimate of drug-likeness (QED) is 0.375. The molecule has 1 aromatic carbocycles. The minimum Gasteiger partial charge on any atom is -0.409 e. The minimum absolute atomic E-state index is 0.137. The summed E-state index contributed by atoms with van der Waals surface area (Å²) < 4.78 is 5.66. The second-order valence-corrected chi connectivity index (χ2v) is 4.97. The zero-order valence-corrected chi connectivity index (χ0v) is 11.5. The summed E-state index contributed by atoms with van der Waals surface area (Å²) in [5, 5.41) is 12.0. The van der Waals surface area contributed by atoms with Crippen LogP contribution in [0.5, 0.6) is 0 Å². The van der Waals surface area contributed by atoms with E-state index in [2.05, 4.69) is 10.1 Å². The van der Waals surface area contributed by atoms with E-state index in [-0.39, 0.29) is 11.9 Å². The SMILES string of the molecule is Cc1cccc(/C(N)=N/O)c1N(C)CC1CCCO1. The fourth-order valence-electron chi connectivity index (χ4n) is 2.61. The van der Waals surface area contributed by atoms with E-state index in [1.165, 1.54) is 0 Å². The van der Waals surface area contributed by atoms with Crippen LogP contribution in [0.2, 0.25) is 0 Å². The number of ether oxygens (including phenoxy) is 1. The molecule has 1 aliphatic heterocycles. The molecule has 0 bridgehead atoms. The fraction of sp³-hybridized carbons (Fsp3) is 0.500. The molecule has 0 radical (unpaired) electrons. The summed E-state index contributed by atoms with van der Waals surface area (Å²) in [7, 11) is 2.01. The van der Waals surface area contributed by atoms with Crippen LogP contribution in [-0.2, 0) is 4.74 Å². The van der Waals surface area contributed by atoms with Crippen LogP contribution in [0.15, 0.2) is 23.4 Å². The van der Waals surface area contributed by atoms with E-state index >= 15 is 0 Å². The summed E-state index contributed by atoms with van der Waals surface area (Å²) in [6, 6.07) is 5.80. The predicted molar refractivity (Wildman–Crippen MR) is 75.9 cm³/mol. The normalized spacial score (nSPS) is 19.7. The maximum atomic E-state index is 8.89. The van der Waals surface area contributed by atoms with Gasteiger partial charge < -0.3 is 20.6 Å². The highest BCUT2D eigenvalue weighted by molar-refractivity contribution is 6.02. The van der Waals surface area contributed by atoms with Crippen LogP contribution in [0, 0.1) is 6.92 Å². The van der Waals surface area contributed by atoms with Gasteiger partial charge in [-0.1, -0.05) is 17.3 Å². The highest BCUT2D eigenvalue weighted by Gasteiger charge is 2.20. The van der Waals surface area contributed by atoms with Crippen molar-refractivity contribution in [3.8, 4) is 0 Å². The summed E-state index contributed by atoms with van der Waals surface area (Å²) in [6.45, 7) is 3.69. The van der Waals surface area contributed by atoms with Crippen LogP contribution in [0.3, 0.4) is 0 Å². The molecule has 1 aromatic rings. The molecular weight excluding hydrogens is 242 g/mol. The number of likely N-dealkylation sites (N-methyl/N-ethyl adjacent to an activating group) is 1. The number of hydrogen-bond donors (Lipinski definition) is 2. The zero-order valence-electron chi connectivity index (χ0n) is 11.5. The van der Waals surface area contributed by atoms with Gasteiger partial charge >= 0.3 is 0 Å². The van der Waals surface area contributed by atoms with Gasteiger partial charge in [-0.2, -0.15) is 0 Å². The second kappa shape index (κ2) is 5.93. The van der Waals surface area contributed by atoms with E-state index in [9.17, 15) is 0 Å². The van der Waals surface area contributed by atoms with Crippen molar-refractivity contribution in [3.63, 3.8) is 0 Å². The Balaban J connectivity index is 2.26. The monoisotopic (exact) mass is 263 g/mol. The average molecular weight is 263 g/mol. The molecule has 5 nitrogen and oxygen atoms in total. The van der Waals surface area contributed by atoms with Gasteiger partial charge in [0.25, 0.3) is 0 Å². The summed E-state index contributed by atoms with van der Waals surface area (Å²) in [5.74, 6) is 0.137. The predicted octanol–water partition coefficient (Wildman–Crippen LogP) is 1.70. The van der Waals surface area contributed by atoms with Crippen molar-refractivity contribution >= 4 is 11.5 Å². The van der Waals surface area contributed by atoms with E-state index in [4.69, 9.17) is 15.7 Å². The van der Waals surface area contributed by atoms with Crippen LogP contribution in [0.25, 0.3) is 0 Å². The van der Waals surface area contributed by atoms with E-state index < -0.39 is 0 Å². The number of oxime groups is 1. The molecule has 1 unspecified atom stereocenters. The second-order valence-electron chi connectivity index (χ2n) is 4.97. The first kappa shape index (κ1) is 13.7. The molecule has 1 heterocycles. The van der Waals surface area contributed by atoms with E-state index in [1.54, 1.807) is 0 Å². The largest absolute Gasteiger partial charge is 0.409 e. The Kier molecular flexibility index (Phi) is 4.27. The van der Waals surface area contributed by atoms with Crippen molar-refractivity contribution in [1.82, 2.24) is 0 Å². The van der Waals surface area contributed by atoms with Gasteiger partial charge in [0, 0.05) is 25.8 Å². The molecule has 1 atom stereocenters. The van der Waals surface area contributed by atoms with Gasteiger partial charge in [-0.3, -0.25) is 0 Å². The molecule has 0 saturated carbocycles. The Morgan fingerprint density at radius 1 is 1.58 bits per heavy atom. The molecule has 104 valence electrons. The van der Waals surface area contributed by atoms with Gasteiger partial charge in [-0.25, -0.2) is 0 Å². The highest BCUT2D eigenvalue weighted by Crippen LogP contribution is 2.25. The fourth-order valence-corrected chi connectivity index (χ4v) is 2.61. The average Bonchev–Trinajstić information content (AvgIpc) is 2.90. The smallest absolute Gasteiger partial charge is 0.172 e. The zero-order chi connectivity index (χ0) is 13.8. The van der Waals surface area contributed by atoms with Crippen molar-refractivity contribution in [2.45, 2.75) is 25.9 Å². The molecule has 0 amide bonds. The number of benzene rings is 1. The lowest BCUT2D eigenvalue weighted by molar-refractivity contribution is 0.116. The van der Waals surface area contributed by atoms with E-state index in [1.807, 2.05) is 32.2 Å². The number of rotatable bonds is 4. The lowest BCUT2D eigenvalue weighted by Gasteiger charge is -2.26. The molecular formula is C14H21N3O2. The van der Waals surface area contributed by atoms with Crippen molar-refractivity contribution < 1.29 is 9.94 Å². The molecule has 0 spiro atoms. The Morgan fingerprint density at radius 2 is 2.37 bits per heavy atom. The molecule has 1 saturated heterocycles. The standard InChI is InChI=1S/C14H21N3O2/c1-10-5-3-7-12(14(15)16-18)13(10)17(2)9-11-6-4-8-19-11/h3,5,7,11,18H,4,6,8-9H2,1-2H3,(H2,15,16). The summed E-state index contributed by atoms with van der Waals surface area (Å²) in [6.07, 6.45) is 2.49. The summed E-state index contributed by atoms with van der Waals surface area (Å²) in [4.78, 5) is 2.12. The summed E-state index contributed by atoms with van der Waals surface area (Å²) in [5.41, 5.74) is 8.60. The molecule has 1 fully saturated rings. The van der Waals surface area contributed by atoms with Crippen LogP contribution in [0.4, 0.5) is 5.69 Å². The first-order chi connectivity index (χ1) is 9.13. The van der Waals surface area contributed by atoms with Crippen molar-refractivity contribution in [1.29, 1.82) is 0 Å². The van der Waals surface area contributed by atoms with Crippen LogP contribution >= 0.6 is 0 Å². The Labute approximate surface area is 113 Å². The van der Waals surface area contributed by atoms with Crippen molar-refractivity contribution in [2.75, 3.05) is 25.1 Å². The van der Waals surface area contributed by atoms with Crippen LogP contribution < -0.4 is 10.6 Å². The number of hydrogen-bond acceptors (Lipinski definition) is 4.